The number of allylic oxidation sites excluding steroid dienone is 2. The van der Waals surface area contributed by atoms with Gasteiger partial charge >= 0.3 is 0 Å². The van der Waals surface area contributed by atoms with Crippen molar-refractivity contribution < 1.29 is 9.59 Å². The number of quaternary nitrogens is 1. The fourth-order valence-corrected chi connectivity index (χ4v) is 3.91. The first-order chi connectivity index (χ1) is 12.3. The molecule has 0 radical (unpaired) electrons. The predicted octanol–water partition coefficient (Wildman–Crippen LogP) is 5.48. The molecule has 0 fully saturated rings. The van der Waals surface area contributed by atoms with Gasteiger partial charge < -0.3 is 5.11 Å². The average molecular weight is 352 g/mol. The van der Waals surface area contributed by atoms with E-state index in [4.69, 9.17) is 4.99 Å². The summed E-state index contributed by atoms with van der Waals surface area (Å²) in [7, 11) is 0. The molecule has 1 aliphatic rings. The SMILES string of the molecule is CCCCCCCCCC/C=C/CCCC1=NCC[N+]1(CC)CCO. The number of aliphatic imine (C=N–C) groups is 1. The lowest BCUT2D eigenvalue weighted by Crippen LogP contribution is -2.52. The Kier molecular flexibility index (Phi) is 13.0. The Morgan fingerprint density at radius 1 is 0.920 bits per heavy atom. The van der Waals surface area contributed by atoms with Crippen molar-refractivity contribution in [3.63, 3.8) is 0 Å². The number of rotatable bonds is 16. The number of amidine groups is 1. The van der Waals surface area contributed by atoms with Crippen LogP contribution < -0.4 is 0 Å². The maximum atomic E-state index is 9.34. The molecule has 0 amide bonds. The first kappa shape index (κ1) is 22.4. The summed E-state index contributed by atoms with van der Waals surface area (Å²) in [5, 5.41) is 9.34. The summed E-state index contributed by atoms with van der Waals surface area (Å²) in [5.74, 6) is 1.33. The molecule has 1 unspecified atom stereocenters. The molecule has 1 heterocycles. The molecule has 3 nitrogen and oxygen atoms in total. The molecular formula is C22H43N2O+. The molecular weight excluding hydrogens is 308 g/mol. The number of aliphatic hydroxyl groups is 1. The summed E-state index contributed by atoms with van der Waals surface area (Å²) in [6, 6.07) is 0. The molecule has 0 aliphatic carbocycles. The lowest BCUT2D eigenvalue weighted by atomic mass is 10.1. The van der Waals surface area contributed by atoms with Gasteiger partial charge in [-0.1, -0.05) is 64.0 Å². The predicted molar refractivity (Wildman–Crippen MR) is 110 cm³/mol. The number of hydrogen-bond donors (Lipinski definition) is 1. The van der Waals surface area contributed by atoms with E-state index in [-0.39, 0.29) is 6.61 Å². The van der Waals surface area contributed by atoms with E-state index in [1.165, 1.54) is 76.5 Å². The Morgan fingerprint density at radius 3 is 2.20 bits per heavy atom. The van der Waals surface area contributed by atoms with Gasteiger partial charge in [0, 0.05) is 6.42 Å². The first-order valence-electron chi connectivity index (χ1n) is 10.9. The van der Waals surface area contributed by atoms with Crippen LogP contribution in [-0.2, 0) is 0 Å². The van der Waals surface area contributed by atoms with E-state index in [0.29, 0.717) is 0 Å². The van der Waals surface area contributed by atoms with Gasteiger partial charge in [0.1, 0.15) is 13.1 Å². The molecule has 0 saturated heterocycles. The van der Waals surface area contributed by atoms with Crippen molar-refractivity contribution in [1.29, 1.82) is 0 Å². The monoisotopic (exact) mass is 351 g/mol. The third-order valence-corrected chi connectivity index (χ3v) is 5.67. The van der Waals surface area contributed by atoms with E-state index in [2.05, 4.69) is 26.0 Å². The molecule has 0 aromatic carbocycles. The molecule has 1 atom stereocenters. The van der Waals surface area contributed by atoms with Crippen LogP contribution in [0.15, 0.2) is 17.1 Å². The Bertz CT molecular complexity index is 378. The molecule has 1 rings (SSSR count). The van der Waals surface area contributed by atoms with Gasteiger partial charge in [0.2, 0.25) is 0 Å². The van der Waals surface area contributed by atoms with E-state index < -0.39 is 0 Å². The number of aliphatic hydroxyl groups excluding tert-OH is 1. The highest BCUT2D eigenvalue weighted by atomic mass is 16.3. The molecule has 3 heteroatoms. The molecule has 146 valence electrons. The summed E-state index contributed by atoms with van der Waals surface area (Å²) in [4.78, 5) is 4.73. The Labute approximate surface area is 156 Å². The molecule has 25 heavy (non-hydrogen) atoms. The second kappa shape index (κ2) is 14.5. The Morgan fingerprint density at radius 2 is 1.56 bits per heavy atom. The van der Waals surface area contributed by atoms with Gasteiger partial charge in [0.25, 0.3) is 0 Å². The molecule has 1 aliphatic heterocycles. The van der Waals surface area contributed by atoms with Crippen LogP contribution >= 0.6 is 0 Å². The van der Waals surface area contributed by atoms with Gasteiger partial charge in [-0.05, 0) is 32.6 Å². The van der Waals surface area contributed by atoms with Gasteiger partial charge in [-0.2, -0.15) is 0 Å². The van der Waals surface area contributed by atoms with E-state index >= 15 is 0 Å². The number of unbranched alkanes of at least 4 members (excludes halogenated alkanes) is 9. The quantitative estimate of drug-likeness (QED) is 0.223. The van der Waals surface area contributed by atoms with Crippen LogP contribution in [-0.4, -0.2) is 48.2 Å². The van der Waals surface area contributed by atoms with Crippen molar-refractivity contribution in [3.8, 4) is 0 Å². The van der Waals surface area contributed by atoms with Crippen LogP contribution in [0.5, 0.6) is 0 Å². The van der Waals surface area contributed by atoms with Gasteiger partial charge in [0.15, 0.2) is 5.84 Å². The first-order valence-corrected chi connectivity index (χ1v) is 10.9. The average Bonchev–Trinajstić information content (AvgIpc) is 3.02. The minimum atomic E-state index is 0.269. The van der Waals surface area contributed by atoms with Crippen molar-refractivity contribution in [2.45, 2.75) is 90.9 Å². The second-order valence-electron chi connectivity index (χ2n) is 7.56. The van der Waals surface area contributed by atoms with E-state index in [9.17, 15) is 5.11 Å². The lowest BCUT2D eigenvalue weighted by Gasteiger charge is -2.33. The highest BCUT2D eigenvalue weighted by Gasteiger charge is 2.35. The molecule has 0 saturated carbocycles. The summed E-state index contributed by atoms with van der Waals surface area (Å²) >= 11 is 0. The largest absolute Gasteiger partial charge is 0.390 e. The third-order valence-electron chi connectivity index (χ3n) is 5.67. The Balaban J connectivity index is 2.01. The van der Waals surface area contributed by atoms with Crippen LogP contribution in [0.25, 0.3) is 0 Å². The summed E-state index contributed by atoms with van der Waals surface area (Å²) < 4.78 is 0.929. The smallest absolute Gasteiger partial charge is 0.198 e. The Hall–Kier alpha value is -0.670. The fourth-order valence-electron chi connectivity index (χ4n) is 3.91. The summed E-state index contributed by atoms with van der Waals surface area (Å²) in [6.07, 6.45) is 20.6. The highest BCUT2D eigenvalue weighted by Crippen LogP contribution is 2.19. The molecule has 1 N–H and O–H groups in total. The normalized spacial score (nSPS) is 20.5. The molecule has 0 aromatic rings. The van der Waals surface area contributed by atoms with E-state index in [0.717, 1.165) is 37.1 Å². The van der Waals surface area contributed by atoms with Crippen LogP contribution in [0.4, 0.5) is 0 Å². The standard InChI is InChI=1S/C22H43N2O/c1-3-5-6-7-8-9-10-11-12-13-14-15-16-17-22-23-18-19-24(22,4-2)20-21-25/h13-14,25H,3-12,15-21H2,1-2H3/q+1/b14-13+. The number of hydrogen-bond acceptors (Lipinski definition) is 2. The maximum absolute atomic E-state index is 9.34. The van der Waals surface area contributed by atoms with Crippen molar-refractivity contribution in [1.82, 2.24) is 0 Å². The van der Waals surface area contributed by atoms with Crippen LogP contribution in [0.2, 0.25) is 0 Å². The third kappa shape index (κ3) is 9.01. The van der Waals surface area contributed by atoms with Gasteiger partial charge in [-0.25, -0.2) is 4.99 Å². The fraction of sp³-hybridized carbons (Fsp3) is 0.864. The van der Waals surface area contributed by atoms with Crippen molar-refractivity contribution in [3.05, 3.63) is 12.2 Å². The van der Waals surface area contributed by atoms with Crippen molar-refractivity contribution in [2.24, 2.45) is 4.99 Å². The second-order valence-corrected chi connectivity index (χ2v) is 7.56. The van der Waals surface area contributed by atoms with Crippen LogP contribution in [0, 0.1) is 0 Å². The summed E-state index contributed by atoms with van der Waals surface area (Å²) in [5.41, 5.74) is 0. The zero-order valence-electron chi connectivity index (χ0n) is 17.0. The van der Waals surface area contributed by atoms with E-state index in [1.54, 1.807) is 0 Å². The maximum Gasteiger partial charge on any atom is 0.198 e. The highest BCUT2D eigenvalue weighted by molar-refractivity contribution is 5.76. The topological polar surface area (TPSA) is 32.6 Å². The van der Waals surface area contributed by atoms with Crippen molar-refractivity contribution in [2.75, 3.05) is 32.8 Å². The molecule has 0 spiro atoms. The number of likely N-dealkylation sites (N-methyl/N-ethyl adjacent to an activating group) is 1. The van der Waals surface area contributed by atoms with Gasteiger partial charge in [-0.15, -0.1) is 0 Å². The minimum absolute atomic E-state index is 0.269. The van der Waals surface area contributed by atoms with Crippen molar-refractivity contribution >= 4 is 5.84 Å². The van der Waals surface area contributed by atoms with Gasteiger partial charge in [0.05, 0.1) is 19.7 Å². The molecule has 0 bridgehead atoms. The van der Waals surface area contributed by atoms with Gasteiger partial charge in [-0.3, -0.25) is 4.48 Å². The molecule has 0 aromatic heterocycles. The number of nitrogens with zero attached hydrogens (tertiary/aromatic N) is 2. The van der Waals surface area contributed by atoms with Crippen LogP contribution in [0.1, 0.15) is 90.9 Å². The van der Waals surface area contributed by atoms with E-state index in [1.807, 2.05) is 0 Å². The minimum Gasteiger partial charge on any atom is -0.390 e. The lowest BCUT2D eigenvalue weighted by molar-refractivity contribution is -0.835. The zero-order chi connectivity index (χ0) is 18.2. The van der Waals surface area contributed by atoms with Crippen LogP contribution in [0.3, 0.4) is 0 Å². The summed E-state index contributed by atoms with van der Waals surface area (Å²) in [6.45, 7) is 8.70. The zero-order valence-corrected chi connectivity index (χ0v) is 17.0.